The van der Waals surface area contributed by atoms with Gasteiger partial charge in [0.05, 0.1) is 5.92 Å². The van der Waals surface area contributed by atoms with E-state index in [1.165, 1.54) is 5.56 Å². The van der Waals surface area contributed by atoms with Gasteiger partial charge in [0.15, 0.2) is 0 Å². The molecule has 0 radical (unpaired) electrons. The lowest BCUT2D eigenvalue weighted by Crippen LogP contribution is -2.43. The van der Waals surface area contributed by atoms with Gasteiger partial charge in [0.25, 0.3) is 0 Å². The predicted molar refractivity (Wildman–Crippen MR) is 93.3 cm³/mol. The Kier molecular flexibility index (Phi) is 4.38. The quantitative estimate of drug-likeness (QED) is 0.896. The molecule has 0 bridgehead atoms. The summed E-state index contributed by atoms with van der Waals surface area (Å²) in [6, 6.07) is 10.1. The zero-order chi connectivity index (χ0) is 17.5. The van der Waals surface area contributed by atoms with E-state index in [9.17, 15) is 9.59 Å². The minimum Gasteiger partial charge on any atom is -0.340 e. The van der Waals surface area contributed by atoms with Crippen LogP contribution in [0.5, 0.6) is 0 Å². The number of rotatable bonds is 2. The van der Waals surface area contributed by atoms with Gasteiger partial charge in [0.1, 0.15) is 0 Å². The van der Waals surface area contributed by atoms with E-state index in [1.807, 2.05) is 48.8 Å². The highest BCUT2D eigenvalue weighted by atomic mass is 16.2. The Labute approximate surface area is 143 Å². The van der Waals surface area contributed by atoms with Crippen LogP contribution in [0.3, 0.4) is 0 Å². The van der Waals surface area contributed by atoms with E-state index in [2.05, 4.69) is 12.1 Å². The molecular formula is C19H27N3O2. The molecule has 1 aromatic rings. The third-order valence-electron chi connectivity index (χ3n) is 5.19. The average Bonchev–Trinajstić information content (AvgIpc) is 3.10. The molecule has 2 saturated heterocycles. The van der Waals surface area contributed by atoms with Gasteiger partial charge in [0, 0.05) is 43.6 Å². The molecule has 2 aliphatic heterocycles. The molecule has 1 aromatic carbocycles. The molecule has 130 valence electrons. The lowest BCUT2D eigenvalue weighted by Gasteiger charge is -2.32. The first-order valence-electron chi connectivity index (χ1n) is 8.67. The highest BCUT2D eigenvalue weighted by Crippen LogP contribution is 2.31. The molecule has 1 unspecified atom stereocenters. The number of carbonyl (C=O) groups excluding carboxylic acids is 2. The molecule has 2 fully saturated rings. The van der Waals surface area contributed by atoms with Crippen molar-refractivity contribution in [3.8, 4) is 0 Å². The standard InChI is InChI=1S/C19H27N3O2/c1-19(2,3)22-10-14(9-17(22)23)18(24)21-11-15(16(20)12-21)13-7-5-4-6-8-13/h4-8,14-16H,9-12,20H2,1-3H3/t14?,15-,16+/m0/s1. The largest absolute Gasteiger partial charge is 0.340 e. The fraction of sp³-hybridized carbons (Fsp3) is 0.579. The Morgan fingerprint density at radius 3 is 2.38 bits per heavy atom. The van der Waals surface area contributed by atoms with Gasteiger partial charge in [-0.25, -0.2) is 0 Å². The molecule has 2 aliphatic rings. The number of nitrogens with zero attached hydrogens (tertiary/aromatic N) is 2. The number of likely N-dealkylation sites (tertiary alicyclic amines) is 2. The molecule has 3 atom stereocenters. The van der Waals surface area contributed by atoms with Crippen LogP contribution in [0.15, 0.2) is 30.3 Å². The van der Waals surface area contributed by atoms with Crippen molar-refractivity contribution in [1.82, 2.24) is 9.80 Å². The molecule has 0 aliphatic carbocycles. The van der Waals surface area contributed by atoms with Crippen molar-refractivity contribution in [1.29, 1.82) is 0 Å². The van der Waals surface area contributed by atoms with Crippen LogP contribution in [-0.2, 0) is 9.59 Å². The van der Waals surface area contributed by atoms with Crippen LogP contribution in [-0.4, -0.2) is 52.8 Å². The molecule has 2 heterocycles. The molecule has 3 rings (SSSR count). The number of carbonyl (C=O) groups is 2. The lowest BCUT2D eigenvalue weighted by molar-refractivity contribution is -0.135. The maximum atomic E-state index is 12.9. The maximum absolute atomic E-state index is 12.9. The lowest BCUT2D eigenvalue weighted by atomic mass is 9.95. The first-order valence-corrected chi connectivity index (χ1v) is 8.67. The normalized spacial score (nSPS) is 27.8. The first kappa shape index (κ1) is 17.0. The van der Waals surface area contributed by atoms with Gasteiger partial charge < -0.3 is 15.5 Å². The second kappa shape index (κ2) is 6.20. The van der Waals surface area contributed by atoms with Gasteiger partial charge in [-0.15, -0.1) is 0 Å². The Bertz CT molecular complexity index is 623. The van der Waals surface area contributed by atoms with Crippen molar-refractivity contribution in [2.75, 3.05) is 19.6 Å². The molecule has 24 heavy (non-hydrogen) atoms. The predicted octanol–water partition coefficient (Wildman–Crippen LogP) is 1.59. The summed E-state index contributed by atoms with van der Waals surface area (Å²) in [5.41, 5.74) is 7.23. The van der Waals surface area contributed by atoms with Crippen molar-refractivity contribution >= 4 is 11.8 Å². The molecule has 2 amide bonds. The van der Waals surface area contributed by atoms with Gasteiger partial charge in [-0.1, -0.05) is 30.3 Å². The van der Waals surface area contributed by atoms with Gasteiger partial charge in [-0.05, 0) is 26.3 Å². The second-order valence-electron chi connectivity index (χ2n) is 8.00. The van der Waals surface area contributed by atoms with Crippen LogP contribution in [0.25, 0.3) is 0 Å². The molecule has 2 N–H and O–H groups in total. The van der Waals surface area contributed by atoms with Crippen molar-refractivity contribution in [2.24, 2.45) is 11.7 Å². The van der Waals surface area contributed by atoms with Crippen LogP contribution >= 0.6 is 0 Å². The SMILES string of the molecule is CC(C)(C)N1CC(C(=O)N2C[C@@H](N)[C@H](c3ccccc3)C2)CC1=O. The number of hydrogen-bond donors (Lipinski definition) is 1. The number of nitrogens with two attached hydrogens (primary N) is 1. The summed E-state index contributed by atoms with van der Waals surface area (Å²) >= 11 is 0. The van der Waals surface area contributed by atoms with Crippen molar-refractivity contribution in [2.45, 2.75) is 44.7 Å². The second-order valence-corrected chi connectivity index (χ2v) is 8.00. The summed E-state index contributed by atoms with van der Waals surface area (Å²) in [5, 5.41) is 0. The van der Waals surface area contributed by atoms with E-state index in [1.54, 1.807) is 0 Å². The van der Waals surface area contributed by atoms with Crippen molar-refractivity contribution in [3.05, 3.63) is 35.9 Å². The minimum absolute atomic E-state index is 0.0489. The third-order valence-corrected chi connectivity index (χ3v) is 5.19. The Morgan fingerprint density at radius 1 is 1.12 bits per heavy atom. The summed E-state index contributed by atoms with van der Waals surface area (Å²) in [5.74, 6) is 0.0809. The minimum atomic E-state index is -0.238. The zero-order valence-corrected chi connectivity index (χ0v) is 14.7. The molecule has 0 spiro atoms. The monoisotopic (exact) mass is 329 g/mol. The van der Waals surface area contributed by atoms with E-state index in [4.69, 9.17) is 5.73 Å². The zero-order valence-electron chi connectivity index (χ0n) is 14.7. The molecule has 5 nitrogen and oxygen atoms in total. The smallest absolute Gasteiger partial charge is 0.228 e. The van der Waals surface area contributed by atoms with Gasteiger partial charge in [0.2, 0.25) is 11.8 Å². The van der Waals surface area contributed by atoms with Crippen molar-refractivity contribution in [3.63, 3.8) is 0 Å². The first-order chi connectivity index (χ1) is 11.3. The van der Waals surface area contributed by atoms with Gasteiger partial charge in [-0.3, -0.25) is 9.59 Å². The van der Waals surface area contributed by atoms with E-state index in [0.717, 1.165) is 0 Å². The van der Waals surface area contributed by atoms with Crippen LogP contribution in [0.1, 0.15) is 38.7 Å². The number of amides is 2. The fourth-order valence-corrected chi connectivity index (χ4v) is 3.84. The number of hydrogen-bond acceptors (Lipinski definition) is 3. The van der Waals surface area contributed by atoms with Crippen LogP contribution in [0.4, 0.5) is 0 Å². The summed E-state index contributed by atoms with van der Waals surface area (Å²) in [6.07, 6.45) is 0.317. The van der Waals surface area contributed by atoms with E-state index >= 15 is 0 Å². The van der Waals surface area contributed by atoms with Gasteiger partial charge >= 0.3 is 0 Å². The van der Waals surface area contributed by atoms with Crippen LogP contribution in [0, 0.1) is 5.92 Å². The fourth-order valence-electron chi connectivity index (χ4n) is 3.84. The van der Waals surface area contributed by atoms with E-state index < -0.39 is 0 Å². The van der Waals surface area contributed by atoms with Gasteiger partial charge in [-0.2, -0.15) is 0 Å². The highest BCUT2D eigenvalue weighted by Gasteiger charge is 2.43. The Hall–Kier alpha value is -1.88. The van der Waals surface area contributed by atoms with Crippen LogP contribution in [0.2, 0.25) is 0 Å². The highest BCUT2D eigenvalue weighted by molar-refractivity contribution is 5.89. The molecule has 0 aromatic heterocycles. The molecular weight excluding hydrogens is 302 g/mol. The molecule has 0 saturated carbocycles. The summed E-state index contributed by atoms with van der Waals surface area (Å²) < 4.78 is 0. The number of benzene rings is 1. The van der Waals surface area contributed by atoms with Crippen molar-refractivity contribution < 1.29 is 9.59 Å². The van der Waals surface area contributed by atoms with E-state index in [-0.39, 0.29) is 35.2 Å². The van der Waals surface area contributed by atoms with Crippen LogP contribution < -0.4 is 5.73 Å². The summed E-state index contributed by atoms with van der Waals surface area (Å²) in [4.78, 5) is 28.8. The summed E-state index contributed by atoms with van der Waals surface area (Å²) in [7, 11) is 0. The molecule has 5 heteroatoms. The topological polar surface area (TPSA) is 66.6 Å². The third kappa shape index (κ3) is 3.18. The Balaban J connectivity index is 1.68. The average molecular weight is 329 g/mol. The summed E-state index contributed by atoms with van der Waals surface area (Å²) in [6.45, 7) is 7.75. The van der Waals surface area contributed by atoms with E-state index in [0.29, 0.717) is 26.1 Å². The Morgan fingerprint density at radius 2 is 1.79 bits per heavy atom. The maximum Gasteiger partial charge on any atom is 0.228 e.